The molecule has 0 bridgehead atoms. The van der Waals surface area contributed by atoms with Gasteiger partial charge in [-0.3, -0.25) is 28.5 Å². The molecule has 0 amide bonds. The Labute approximate surface area is 505 Å². The van der Waals surface area contributed by atoms with Crippen molar-refractivity contribution in [1.29, 1.82) is 0 Å². The van der Waals surface area contributed by atoms with E-state index >= 15 is 0 Å². The number of aryl methyl sites for hydroxylation is 1. The van der Waals surface area contributed by atoms with Crippen LogP contribution < -0.4 is 26.0 Å². The maximum Gasteiger partial charge on any atom is 0.416 e. The number of hydrogen-bond donors (Lipinski definition) is 4. The summed E-state index contributed by atoms with van der Waals surface area (Å²) in [6.45, 7) is 17.2. The van der Waals surface area contributed by atoms with Crippen molar-refractivity contribution in [3.63, 3.8) is 0 Å². The lowest BCUT2D eigenvalue weighted by Crippen LogP contribution is -2.45. The Morgan fingerprint density at radius 3 is 1.66 bits per heavy atom. The number of ketones is 2. The van der Waals surface area contributed by atoms with Crippen molar-refractivity contribution in [2.75, 3.05) is 93.8 Å². The molecule has 2 saturated carbocycles. The zero-order valence-corrected chi connectivity index (χ0v) is 49.7. The average molecular weight is 1190 g/mol. The van der Waals surface area contributed by atoms with E-state index in [-0.39, 0.29) is 30.1 Å². The molecule has 2 aliphatic heterocycles. The Hall–Kier alpha value is -8.57. The third-order valence-electron chi connectivity index (χ3n) is 16.3. The van der Waals surface area contributed by atoms with E-state index in [4.69, 9.17) is 4.74 Å². The van der Waals surface area contributed by atoms with Gasteiger partial charge in [0.05, 0.1) is 12.7 Å². The molecule has 19 nitrogen and oxygen atoms in total. The molecule has 6 heterocycles. The fourth-order valence-corrected chi connectivity index (χ4v) is 10.8. The van der Waals surface area contributed by atoms with Gasteiger partial charge in [0.15, 0.2) is 11.6 Å². The van der Waals surface area contributed by atoms with Crippen LogP contribution in [0.3, 0.4) is 0 Å². The number of ether oxygens (including phenoxy) is 1. The van der Waals surface area contributed by atoms with Crippen molar-refractivity contribution in [3.05, 3.63) is 173 Å². The second-order valence-electron chi connectivity index (χ2n) is 22.8. The smallest absolute Gasteiger partial charge is 0.416 e. The van der Waals surface area contributed by atoms with Gasteiger partial charge >= 0.3 is 6.18 Å². The number of aromatic nitrogens is 8. The molecule has 8 aromatic rings. The summed E-state index contributed by atoms with van der Waals surface area (Å²) in [5, 5.41) is 13.4. The molecule has 22 heteroatoms. The molecular formula is C65H75F3N16O3. The number of rotatable bonds is 23. The predicted molar refractivity (Wildman–Crippen MR) is 331 cm³/mol. The molecule has 4 N–H and O–H groups in total. The van der Waals surface area contributed by atoms with Gasteiger partial charge in [-0.25, -0.2) is 29.9 Å². The number of carbonyl (C=O) groups is 2. The highest BCUT2D eigenvalue weighted by molar-refractivity contribution is 5.99. The van der Waals surface area contributed by atoms with E-state index in [1.54, 1.807) is 53.8 Å². The van der Waals surface area contributed by atoms with Crippen molar-refractivity contribution in [3.8, 4) is 17.4 Å². The van der Waals surface area contributed by atoms with Crippen LogP contribution in [0.1, 0.15) is 93.6 Å². The van der Waals surface area contributed by atoms with Crippen LogP contribution in [0.15, 0.2) is 128 Å². The van der Waals surface area contributed by atoms with Crippen LogP contribution in [-0.4, -0.2) is 155 Å². The summed E-state index contributed by atoms with van der Waals surface area (Å²) in [5.41, 5.74) is 5.50. The van der Waals surface area contributed by atoms with E-state index in [1.165, 1.54) is 37.9 Å². The first-order chi connectivity index (χ1) is 42.2. The molecule has 87 heavy (non-hydrogen) atoms. The fraction of sp³-hybridized carbons (Fsp3) is 0.385. The number of alkyl halides is 3. The summed E-state index contributed by atoms with van der Waals surface area (Å²) in [4.78, 5) is 62.4. The highest BCUT2D eigenvalue weighted by Crippen LogP contribution is 2.35. The van der Waals surface area contributed by atoms with Crippen LogP contribution >= 0.6 is 0 Å². The quantitative estimate of drug-likeness (QED) is 0.0442. The molecule has 2 aliphatic carbocycles. The van der Waals surface area contributed by atoms with Crippen LogP contribution in [0.25, 0.3) is 11.6 Å². The first-order valence-corrected chi connectivity index (χ1v) is 30.0. The van der Waals surface area contributed by atoms with Crippen LogP contribution in [0.4, 0.5) is 48.1 Å². The lowest BCUT2D eigenvalue weighted by molar-refractivity contribution is -0.138. The zero-order valence-electron chi connectivity index (χ0n) is 49.7. The molecule has 4 aromatic heterocycles. The van der Waals surface area contributed by atoms with Gasteiger partial charge in [0.2, 0.25) is 11.9 Å². The van der Waals surface area contributed by atoms with E-state index in [1.807, 2.05) is 52.9 Å². The third-order valence-corrected chi connectivity index (χ3v) is 16.3. The molecule has 4 aliphatic rings. The van der Waals surface area contributed by atoms with Crippen LogP contribution in [0, 0.1) is 6.92 Å². The minimum Gasteiger partial charge on any atom is -0.497 e. The lowest BCUT2D eigenvalue weighted by atomic mass is 9.97. The molecular weight excluding hydrogens is 1110 g/mol. The normalized spacial score (nSPS) is 16.0. The number of Topliss-reactive ketones (excluding diaryl/α,β-unsaturated/α-hetero) is 2. The molecule has 4 aromatic carbocycles. The molecule has 0 radical (unpaired) electrons. The zero-order chi connectivity index (χ0) is 60.4. The van der Waals surface area contributed by atoms with Crippen molar-refractivity contribution in [2.45, 2.75) is 90.6 Å². The first kappa shape index (κ1) is 60.1. The minimum atomic E-state index is -4.53. The second-order valence-corrected chi connectivity index (χ2v) is 22.8. The third kappa shape index (κ3) is 16.1. The fourth-order valence-electron chi connectivity index (χ4n) is 10.8. The van der Waals surface area contributed by atoms with Crippen LogP contribution in [-0.2, 0) is 32.1 Å². The van der Waals surface area contributed by atoms with Gasteiger partial charge in [-0.1, -0.05) is 62.4 Å². The van der Waals surface area contributed by atoms with E-state index in [0.717, 1.165) is 125 Å². The molecule has 454 valence electrons. The summed E-state index contributed by atoms with van der Waals surface area (Å²) in [5.74, 6) is 4.09. The van der Waals surface area contributed by atoms with Crippen molar-refractivity contribution < 1.29 is 27.5 Å². The Morgan fingerprint density at radius 1 is 0.563 bits per heavy atom. The molecule has 0 atom stereocenters. The predicted octanol–water partition coefficient (Wildman–Crippen LogP) is 10.4. The van der Waals surface area contributed by atoms with Gasteiger partial charge in [-0.2, -0.15) is 13.2 Å². The van der Waals surface area contributed by atoms with Gasteiger partial charge in [-0.15, -0.1) is 0 Å². The number of nitrogens with one attached hydrogen (secondary N) is 4. The largest absolute Gasteiger partial charge is 0.497 e. The van der Waals surface area contributed by atoms with Crippen molar-refractivity contribution in [1.82, 2.24) is 58.6 Å². The summed E-state index contributed by atoms with van der Waals surface area (Å²) < 4.78 is 51.6. The molecule has 4 fully saturated rings. The summed E-state index contributed by atoms with van der Waals surface area (Å²) in [6, 6.07) is 28.2. The van der Waals surface area contributed by atoms with Gasteiger partial charge in [0.1, 0.15) is 41.7 Å². The number of benzene rings is 4. The van der Waals surface area contributed by atoms with Gasteiger partial charge in [-0.05, 0) is 97.8 Å². The number of anilines is 6. The number of piperazine rings is 2. The Morgan fingerprint density at radius 2 is 1.09 bits per heavy atom. The monoisotopic (exact) mass is 1180 g/mol. The van der Waals surface area contributed by atoms with Crippen LogP contribution in [0.2, 0.25) is 0 Å². The summed E-state index contributed by atoms with van der Waals surface area (Å²) in [6.07, 6.45) is 10.2. The van der Waals surface area contributed by atoms with E-state index in [0.29, 0.717) is 64.3 Å². The number of methoxy groups -OCH3 is 1. The number of imidazole rings is 2. The van der Waals surface area contributed by atoms with Crippen LogP contribution in [0.5, 0.6) is 5.75 Å². The Kier molecular flexibility index (Phi) is 19.0. The molecule has 12 rings (SSSR count). The van der Waals surface area contributed by atoms with Gasteiger partial charge in [0.25, 0.3) is 0 Å². The highest BCUT2D eigenvalue weighted by Gasteiger charge is 2.35. The van der Waals surface area contributed by atoms with E-state index in [9.17, 15) is 22.8 Å². The Balaban J connectivity index is 0.000000181. The highest BCUT2D eigenvalue weighted by atomic mass is 19.4. The van der Waals surface area contributed by atoms with Crippen molar-refractivity contribution >= 4 is 46.5 Å². The standard InChI is InChI=1S/C33H37F3N8O2.C32H38N8O/c1-3-42-10-12-43(13-11-42)20-23-5-4-22(14-28(23)33(34,35)36)15-29(45)24-16-26(18-27(17-24)46-2)41-32-37-8-9-44(32)31-19-30(38-21-39-31)40-25-6-7-25;1-3-38-14-16-39(17-15-38)21-25-7-5-24(6-8-25)18-29(41)26-9-4-23(2)28(19-26)37-32-33-12-13-40(32)31-20-30(34-22-35-31)36-27-10-11-27/h4-5,8-9,14,16-19,21,25H,3,6-7,10-13,15,20H2,1-2H3,(H,37,41)(H,38,39,40);4-9,12-13,19-20,22,27H,3,10-11,14-18,21H2,1-2H3,(H,33,37)(H,34,35,36). The summed E-state index contributed by atoms with van der Waals surface area (Å²) in [7, 11) is 1.49. The number of nitrogens with zero attached hydrogens (tertiary/aromatic N) is 12. The maximum atomic E-state index is 14.2. The number of likely N-dealkylation sites (N-methyl/N-ethyl adjacent to an activating group) is 2. The Bertz CT molecular complexity index is 3640. The number of halogens is 3. The molecule has 0 unspecified atom stereocenters. The number of carbonyl (C=O) groups excluding carboxylic acids is 2. The van der Waals surface area contributed by atoms with Gasteiger partial charge in [0, 0.05) is 156 Å². The maximum absolute atomic E-state index is 14.2. The second kappa shape index (κ2) is 27.4. The van der Waals surface area contributed by atoms with Crippen molar-refractivity contribution in [2.24, 2.45) is 0 Å². The minimum absolute atomic E-state index is 0.0893. The molecule has 0 spiro atoms. The SMILES string of the molecule is CCN1CCN(Cc2ccc(CC(=O)c3cc(Nc4nccn4-c4cc(NC5CC5)ncn4)cc(OC)c3)cc2C(F)(F)F)CC1.CCN1CCN(Cc2ccc(CC(=O)c3ccc(C)c(Nc4nccn4-c4cc(NC5CC5)ncn4)c3)cc2)CC1. The lowest BCUT2D eigenvalue weighted by Gasteiger charge is -2.34. The van der Waals surface area contributed by atoms with E-state index < -0.39 is 11.7 Å². The summed E-state index contributed by atoms with van der Waals surface area (Å²) >= 11 is 0. The number of hydrogen-bond acceptors (Lipinski definition) is 17. The molecule has 2 saturated heterocycles. The first-order valence-electron chi connectivity index (χ1n) is 30.0. The average Bonchev–Trinajstić information content (AvgIpc) is 4.64. The topological polar surface area (TPSA) is 192 Å². The van der Waals surface area contributed by atoms with Gasteiger partial charge < -0.3 is 35.8 Å². The van der Waals surface area contributed by atoms with E-state index in [2.05, 4.69) is 104 Å².